The van der Waals surface area contributed by atoms with Crippen LogP contribution in [0.15, 0.2) is 404 Å². The van der Waals surface area contributed by atoms with E-state index in [0.29, 0.717) is 32.9 Å². The molecule has 0 bridgehead atoms. The third-order valence-electron chi connectivity index (χ3n) is 25.6. The Morgan fingerprint density at radius 2 is 0.483 bits per heavy atom. The van der Waals surface area contributed by atoms with Gasteiger partial charge in [0, 0.05) is 27.0 Å². The topological polar surface area (TPSA) is 90.6 Å². The summed E-state index contributed by atoms with van der Waals surface area (Å²) in [5, 5.41) is 7.38. The standard InChI is InChI=1S/C43H32O2.C38H22O2.C31H20O2/c1-42(2)36-11-7-5-9-30(36)32-18-14-26(22-38(32)42)25-13-17-29-34-20-16-28(24-40(34)45-41(44)35(29)21-25)27-15-19-33-31-10-6-8-12-37(31)43(3,4)39(33)23-27;39-37-30-22-23(20-21-25(30)28-12-4-8-19-35(28)40-37)24-14-9-18-34-36(24)29-13-3-7-17-33(29)38(34)31-15-5-1-10-26(31)27-11-2-6-16-32(27)38;32-31-29-20-23(15-16-27(29)28-13-7-8-14-30(28)33-31)26-18-24(21-9-3-1-4-10-21)17-25(19-26)22-11-5-2-6-12-22/h5-24H,1-4H3;1-22H;1-20H. The number of rotatable bonds is 6. The minimum atomic E-state index is -0.388. The lowest BCUT2D eigenvalue weighted by Crippen LogP contribution is -2.25. The van der Waals surface area contributed by atoms with E-state index in [1.165, 1.54) is 89.0 Å². The summed E-state index contributed by atoms with van der Waals surface area (Å²) < 4.78 is 17.3. The monoisotopic (exact) mass is 1510 g/mol. The van der Waals surface area contributed by atoms with Crippen molar-refractivity contribution in [1.82, 2.24) is 0 Å². The van der Waals surface area contributed by atoms with Crippen molar-refractivity contribution in [3.63, 3.8) is 0 Å². The minimum absolute atomic E-state index is 0.0716. The van der Waals surface area contributed by atoms with E-state index >= 15 is 0 Å². The number of fused-ring (bicyclic) bond motifs is 25. The van der Waals surface area contributed by atoms with Gasteiger partial charge < -0.3 is 13.3 Å². The quantitative estimate of drug-likeness (QED) is 0.122. The Morgan fingerprint density at radius 3 is 0.966 bits per heavy atom. The normalized spacial score (nSPS) is 13.6. The van der Waals surface area contributed by atoms with Crippen LogP contribution in [0, 0.1) is 0 Å². The highest BCUT2D eigenvalue weighted by molar-refractivity contribution is 6.10. The Labute approximate surface area is 681 Å². The van der Waals surface area contributed by atoms with E-state index in [0.717, 1.165) is 99.1 Å². The van der Waals surface area contributed by atoms with Gasteiger partial charge in [0.1, 0.15) is 16.7 Å². The van der Waals surface area contributed by atoms with Crippen molar-refractivity contribution < 1.29 is 13.3 Å². The molecule has 4 aliphatic rings. The first kappa shape index (κ1) is 69.8. The van der Waals surface area contributed by atoms with Gasteiger partial charge in [-0.15, -0.1) is 0 Å². The highest BCUT2D eigenvalue weighted by Crippen LogP contribution is 2.64. The van der Waals surface area contributed by atoms with Gasteiger partial charge in [-0.2, -0.15) is 0 Å². The fourth-order valence-electron chi connectivity index (χ4n) is 19.9. The maximum atomic E-state index is 13.5. The average molecular weight is 1520 g/mol. The first-order chi connectivity index (χ1) is 57.7. The Morgan fingerprint density at radius 1 is 0.178 bits per heavy atom. The number of benzene rings is 17. The number of hydrogen-bond acceptors (Lipinski definition) is 6. The lowest BCUT2D eigenvalue weighted by molar-refractivity contribution is 0.569. The van der Waals surface area contributed by atoms with E-state index < -0.39 is 0 Å². The Bertz CT molecular complexity index is 7720. The van der Waals surface area contributed by atoms with E-state index in [1.807, 2.05) is 91.0 Å². The van der Waals surface area contributed by atoms with Crippen LogP contribution in [0.25, 0.3) is 176 Å². The molecule has 1 spiro atoms. The molecule has 6 nitrogen and oxygen atoms in total. The highest BCUT2D eigenvalue weighted by atomic mass is 16.4. The van der Waals surface area contributed by atoms with Gasteiger partial charge in [-0.3, -0.25) is 0 Å². The zero-order chi connectivity index (χ0) is 79.3. The maximum Gasteiger partial charge on any atom is 0.344 e. The molecule has 0 saturated heterocycles. The summed E-state index contributed by atoms with van der Waals surface area (Å²) in [5.41, 5.74) is 34.3. The molecule has 17 aromatic carbocycles. The molecule has 0 radical (unpaired) electrons. The second-order valence-corrected chi connectivity index (χ2v) is 32.7. The van der Waals surface area contributed by atoms with E-state index in [2.05, 4.69) is 313 Å². The van der Waals surface area contributed by atoms with E-state index in [9.17, 15) is 14.4 Å². The number of para-hydroxylation sites is 2. The SMILES string of the molecule is CC1(C)c2ccccc2-c2ccc(-c3ccc4c(c3)oc(=O)c3cc(-c5ccc6c(c5)C(C)(C)c5ccccc5-6)ccc34)cc21.O=c1oc2ccccc2c2ccc(-c3cc(-c4ccccc4)cc(-c4ccccc4)c3)cc12.O=c1oc2ccccc2c2ccc(-c3cccc4c3-c3ccccc3C43c4ccccc4-c4ccccc43)cc12. The molecule has 6 heteroatoms. The minimum Gasteiger partial charge on any atom is -0.422 e. The van der Waals surface area contributed by atoms with Crippen LogP contribution < -0.4 is 16.9 Å². The molecule has 24 rings (SSSR count). The molecule has 0 saturated carbocycles. The molecule has 0 N–H and O–H groups in total. The van der Waals surface area contributed by atoms with Gasteiger partial charge in [0.05, 0.1) is 21.6 Å². The third-order valence-corrected chi connectivity index (χ3v) is 25.6. The smallest absolute Gasteiger partial charge is 0.344 e. The molecule has 558 valence electrons. The zero-order valence-corrected chi connectivity index (χ0v) is 65.2. The summed E-state index contributed by atoms with van der Waals surface area (Å²) in [4.78, 5) is 39.4. The zero-order valence-electron chi connectivity index (χ0n) is 65.2. The van der Waals surface area contributed by atoms with Gasteiger partial charge in [-0.25, -0.2) is 14.4 Å². The van der Waals surface area contributed by atoms with Crippen LogP contribution in [0.1, 0.15) is 72.2 Å². The first-order valence-electron chi connectivity index (χ1n) is 40.4. The third kappa shape index (κ3) is 10.8. The molecule has 3 aromatic heterocycles. The van der Waals surface area contributed by atoms with Crippen molar-refractivity contribution in [2.75, 3.05) is 0 Å². The predicted molar refractivity (Wildman–Crippen MR) is 484 cm³/mol. The summed E-state index contributed by atoms with van der Waals surface area (Å²) >= 11 is 0. The van der Waals surface area contributed by atoms with Crippen LogP contribution in [0.2, 0.25) is 0 Å². The predicted octanol–water partition coefficient (Wildman–Crippen LogP) is 27.8. The summed E-state index contributed by atoms with van der Waals surface area (Å²) in [6.07, 6.45) is 0. The van der Waals surface area contributed by atoms with Gasteiger partial charge in [-0.1, -0.05) is 331 Å². The van der Waals surface area contributed by atoms with Crippen molar-refractivity contribution in [2.24, 2.45) is 0 Å². The van der Waals surface area contributed by atoms with Crippen LogP contribution >= 0.6 is 0 Å². The fourth-order valence-corrected chi connectivity index (χ4v) is 19.9. The van der Waals surface area contributed by atoms with Crippen molar-refractivity contribution in [3.05, 3.63) is 452 Å². The summed E-state index contributed by atoms with van der Waals surface area (Å²) in [6.45, 7) is 9.17. The molecule has 0 atom stereocenters. The molecule has 4 aliphatic carbocycles. The van der Waals surface area contributed by atoms with Gasteiger partial charge in [-0.05, 0) is 245 Å². The maximum absolute atomic E-state index is 13.5. The Hall–Kier alpha value is -14.9. The molecule has 118 heavy (non-hydrogen) atoms. The Kier molecular flexibility index (Phi) is 15.9. The van der Waals surface area contributed by atoms with Crippen LogP contribution in [-0.4, -0.2) is 0 Å². The van der Waals surface area contributed by atoms with Crippen molar-refractivity contribution >= 4 is 65.2 Å². The molecule has 0 aliphatic heterocycles. The highest BCUT2D eigenvalue weighted by Gasteiger charge is 2.52. The second-order valence-electron chi connectivity index (χ2n) is 32.7. The van der Waals surface area contributed by atoms with E-state index in [-0.39, 0.29) is 33.1 Å². The molecule has 20 aromatic rings. The number of hydrogen-bond donors (Lipinski definition) is 0. The van der Waals surface area contributed by atoms with Crippen LogP contribution in [0.5, 0.6) is 0 Å². The van der Waals surface area contributed by atoms with Crippen LogP contribution in [-0.2, 0) is 16.2 Å². The molecule has 0 unspecified atom stereocenters. The summed E-state index contributed by atoms with van der Waals surface area (Å²) in [5.74, 6) is 0. The van der Waals surface area contributed by atoms with E-state index in [4.69, 9.17) is 13.3 Å². The molecular formula is C112H74O6. The molecule has 3 heterocycles. The van der Waals surface area contributed by atoms with Crippen molar-refractivity contribution in [1.29, 1.82) is 0 Å². The first-order valence-corrected chi connectivity index (χ1v) is 40.4. The van der Waals surface area contributed by atoms with Crippen LogP contribution in [0.3, 0.4) is 0 Å². The molecule has 0 fully saturated rings. The summed E-state index contributed by atoms with van der Waals surface area (Å²) in [6, 6.07) is 131. The van der Waals surface area contributed by atoms with Gasteiger partial charge in [0.25, 0.3) is 0 Å². The largest absolute Gasteiger partial charge is 0.422 e. The average Bonchev–Trinajstić information content (AvgIpc) is 1.50. The molecule has 0 amide bonds. The van der Waals surface area contributed by atoms with Crippen molar-refractivity contribution in [3.8, 4) is 111 Å². The van der Waals surface area contributed by atoms with Crippen molar-refractivity contribution in [2.45, 2.75) is 43.9 Å². The molecular weight excluding hydrogens is 1440 g/mol. The van der Waals surface area contributed by atoms with Crippen LogP contribution in [0.4, 0.5) is 0 Å². The van der Waals surface area contributed by atoms with Gasteiger partial charge >= 0.3 is 16.9 Å². The van der Waals surface area contributed by atoms with Gasteiger partial charge in [0.15, 0.2) is 0 Å². The van der Waals surface area contributed by atoms with E-state index in [1.54, 1.807) is 0 Å². The lowest BCUT2D eigenvalue weighted by Gasteiger charge is -2.30. The summed E-state index contributed by atoms with van der Waals surface area (Å²) in [7, 11) is 0. The second kappa shape index (κ2) is 26.9. The fraction of sp³-hybridized carbons (Fsp3) is 0.0625. The Balaban J connectivity index is 0.000000108. The van der Waals surface area contributed by atoms with Gasteiger partial charge in [0.2, 0.25) is 0 Å². The lowest BCUT2D eigenvalue weighted by atomic mass is 9.70.